The Balaban J connectivity index is 1.18. The number of nitrogens with one attached hydrogen (secondary N) is 1. The molecule has 1 aliphatic rings. The number of para-hydroxylation sites is 1. The maximum absolute atomic E-state index is 13.1. The van der Waals surface area contributed by atoms with Gasteiger partial charge in [0.05, 0.1) is 5.56 Å². The Morgan fingerprint density at radius 1 is 1.06 bits per heavy atom. The first-order valence-corrected chi connectivity index (χ1v) is 10.8. The standard InChI is InChI=1S/C24H22FN5O3/c25-17-5-7-18(8-6-17)29-11-13-30(14-12-29)22(31)10-9-21-27-23(28-33-21)19-15-16-3-1-2-4-20(16)26-24(19)32/h1-8,15H,9-14H2,(H,26,32). The molecule has 0 aliphatic carbocycles. The summed E-state index contributed by atoms with van der Waals surface area (Å²) in [5.41, 5.74) is 1.72. The molecule has 0 bridgehead atoms. The van der Waals surface area contributed by atoms with E-state index in [0.29, 0.717) is 44.1 Å². The quantitative estimate of drug-likeness (QED) is 0.505. The van der Waals surface area contributed by atoms with Crippen LogP contribution in [0.15, 0.2) is 63.9 Å². The minimum Gasteiger partial charge on any atom is -0.368 e. The van der Waals surface area contributed by atoms with Gasteiger partial charge in [0.15, 0.2) is 0 Å². The summed E-state index contributed by atoms with van der Waals surface area (Å²) in [5.74, 6) is 0.271. The molecule has 8 nitrogen and oxygen atoms in total. The zero-order chi connectivity index (χ0) is 22.8. The van der Waals surface area contributed by atoms with E-state index in [1.165, 1.54) is 12.1 Å². The third-order valence-corrected chi connectivity index (χ3v) is 5.84. The lowest BCUT2D eigenvalue weighted by molar-refractivity contribution is -0.131. The molecule has 1 fully saturated rings. The SMILES string of the molecule is O=C(CCc1nc(-c2cc3ccccc3[nH]c2=O)no1)N1CCN(c2ccc(F)cc2)CC1. The van der Waals surface area contributed by atoms with Gasteiger partial charge in [-0.25, -0.2) is 4.39 Å². The van der Waals surface area contributed by atoms with Crippen molar-refractivity contribution in [2.45, 2.75) is 12.8 Å². The molecule has 1 N–H and O–H groups in total. The summed E-state index contributed by atoms with van der Waals surface area (Å²) in [6, 6.07) is 15.6. The number of rotatable bonds is 5. The number of halogens is 1. The van der Waals surface area contributed by atoms with Crippen molar-refractivity contribution in [2.75, 3.05) is 31.1 Å². The van der Waals surface area contributed by atoms with Crippen molar-refractivity contribution in [3.8, 4) is 11.4 Å². The van der Waals surface area contributed by atoms with E-state index in [-0.39, 0.29) is 29.5 Å². The van der Waals surface area contributed by atoms with Gasteiger partial charge in [0.2, 0.25) is 17.6 Å². The van der Waals surface area contributed by atoms with Crippen molar-refractivity contribution >= 4 is 22.5 Å². The van der Waals surface area contributed by atoms with E-state index in [1.807, 2.05) is 29.2 Å². The van der Waals surface area contributed by atoms with Crippen LogP contribution in [0.1, 0.15) is 12.3 Å². The van der Waals surface area contributed by atoms with E-state index < -0.39 is 0 Å². The third-order valence-electron chi connectivity index (χ3n) is 5.84. The largest absolute Gasteiger partial charge is 0.368 e. The number of anilines is 1. The predicted octanol–water partition coefficient (Wildman–Crippen LogP) is 3.00. The highest BCUT2D eigenvalue weighted by Crippen LogP contribution is 2.19. The number of carbonyl (C=O) groups is 1. The zero-order valence-electron chi connectivity index (χ0n) is 17.8. The lowest BCUT2D eigenvalue weighted by Gasteiger charge is -2.36. The van der Waals surface area contributed by atoms with Gasteiger partial charge >= 0.3 is 0 Å². The molecule has 1 amide bonds. The van der Waals surface area contributed by atoms with Crippen molar-refractivity contribution < 1.29 is 13.7 Å². The number of amides is 1. The predicted molar refractivity (Wildman–Crippen MR) is 121 cm³/mol. The van der Waals surface area contributed by atoms with Crippen molar-refractivity contribution in [2.24, 2.45) is 0 Å². The molecule has 5 rings (SSSR count). The number of hydrogen-bond acceptors (Lipinski definition) is 6. The van der Waals surface area contributed by atoms with Gasteiger partial charge in [0.25, 0.3) is 5.56 Å². The molecule has 1 aliphatic heterocycles. The van der Waals surface area contributed by atoms with E-state index in [9.17, 15) is 14.0 Å². The second kappa shape index (κ2) is 8.85. The number of carbonyl (C=O) groups excluding carboxylic acids is 1. The zero-order valence-corrected chi connectivity index (χ0v) is 17.8. The lowest BCUT2D eigenvalue weighted by Crippen LogP contribution is -2.48. The number of hydrogen-bond donors (Lipinski definition) is 1. The van der Waals surface area contributed by atoms with Gasteiger partial charge < -0.3 is 19.3 Å². The van der Waals surface area contributed by atoms with Crippen LogP contribution in [0.5, 0.6) is 0 Å². The van der Waals surface area contributed by atoms with E-state index in [1.54, 1.807) is 18.2 Å². The van der Waals surface area contributed by atoms with Crippen LogP contribution in [0.25, 0.3) is 22.3 Å². The van der Waals surface area contributed by atoms with Gasteiger partial charge in [-0.2, -0.15) is 4.98 Å². The summed E-state index contributed by atoms with van der Waals surface area (Å²) in [4.78, 5) is 36.1. The van der Waals surface area contributed by atoms with Crippen LogP contribution in [-0.4, -0.2) is 52.1 Å². The number of aromatic nitrogens is 3. The topological polar surface area (TPSA) is 95.3 Å². The van der Waals surface area contributed by atoms with Crippen molar-refractivity contribution in [3.63, 3.8) is 0 Å². The average molecular weight is 447 g/mol. The molecule has 0 atom stereocenters. The van der Waals surface area contributed by atoms with Crippen molar-refractivity contribution in [3.05, 3.63) is 76.7 Å². The van der Waals surface area contributed by atoms with Crippen LogP contribution >= 0.6 is 0 Å². The summed E-state index contributed by atoms with van der Waals surface area (Å²) in [6.45, 7) is 2.56. The van der Waals surface area contributed by atoms with E-state index in [0.717, 1.165) is 16.6 Å². The van der Waals surface area contributed by atoms with E-state index >= 15 is 0 Å². The van der Waals surface area contributed by atoms with Gasteiger partial charge in [-0.3, -0.25) is 9.59 Å². The molecule has 0 spiro atoms. The third kappa shape index (κ3) is 4.48. The second-order valence-electron chi connectivity index (χ2n) is 7.96. The molecule has 0 radical (unpaired) electrons. The summed E-state index contributed by atoms with van der Waals surface area (Å²) in [6.07, 6.45) is 0.543. The Labute approximate surface area is 188 Å². The first-order chi connectivity index (χ1) is 16.1. The molecule has 4 aromatic rings. The highest BCUT2D eigenvalue weighted by Gasteiger charge is 2.22. The van der Waals surface area contributed by atoms with Crippen LogP contribution < -0.4 is 10.5 Å². The maximum Gasteiger partial charge on any atom is 0.259 e. The summed E-state index contributed by atoms with van der Waals surface area (Å²) in [5, 5.41) is 4.80. The van der Waals surface area contributed by atoms with Gasteiger partial charge in [-0.05, 0) is 41.8 Å². The molecule has 2 aromatic heterocycles. The molecule has 33 heavy (non-hydrogen) atoms. The van der Waals surface area contributed by atoms with Crippen molar-refractivity contribution in [1.82, 2.24) is 20.0 Å². The fourth-order valence-corrected chi connectivity index (χ4v) is 4.02. The first-order valence-electron chi connectivity index (χ1n) is 10.8. The molecular weight excluding hydrogens is 425 g/mol. The van der Waals surface area contributed by atoms with Gasteiger partial charge in [-0.1, -0.05) is 23.4 Å². The Bertz CT molecular complexity index is 1340. The molecule has 3 heterocycles. The van der Waals surface area contributed by atoms with Crippen LogP contribution in [-0.2, 0) is 11.2 Å². The fraction of sp³-hybridized carbons (Fsp3) is 0.250. The Morgan fingerprint density at radius 2 is 1.82 bits per heavy atom. The number of piperazine rings is 1. The smallest absolute Gasteiger partial charge is 0.259 e. The summed E-state index contributed by atoms with van der Waals surface area (Å²) < 4.78 is 18.4. The summed E-state index contributed by atoms with van der Waals surface area (Å²) >= 11 is 0. The van der Waals surface area contributed by atoms with E-state index in [4.69, 9.17) is 4.52 Å². The number of fused-ring (bicyclic) bond motifs is 1. The highest BCUT2D eigenvalue weighted by atomic mass is 19.1. The fourth-order valence-electron chi connectivity index (χ4n) is 4.02. The molecule has 2 aromatic carbocycles. The van der Waals surface area contributed by atoms with Gasteiger partial charge in [-0.15, -0.1) is 0 Å². The normalized spacial score (nSPS) is 14.1. The monoisotopic (exact) mass is 447 g/mol. The maximum atomic E-state index is 13.1. The van der Waals surface area contributed by atoms with Gasteiger partial charge in [0, 0.05) is 50.2 Å². The molecule has 168 valence electrons. The molecule has 0 unspecified atom stereocenters. The number of aryl methyl sites for hydroxylation is 1. The van der Waals surface area contributed by atoms with Crippen LogP contribution in [0, 0.1) is 5.82 Å². The summed E-state index contributed by atoms with van der Waals surface area (Å²) in [7, 11) is 0. The van der Waals surface area contributed by atoms with Crippen LogP contribution in [0.4, 0.5) is 10.1 Å². The number of nitrogens with zero attached hydrogens (tertiary/aromatic N) is 4. The molecule has 9 heteroatoms. The number of aromatic amines is 1. The minimum absolute atomic E-state index is 0.0112. The Kier molecular flexibility index (Phi) is 5.60. The van der Waals surface area contributed by atoms with Crippen LogP contribution in [0.2, 0.25) is 0 Å². The molecular formula is C24H22FN5O3. The highest BCUT2D eigenvalue weighted by molar-refractivity contribution is 5.82. The van der Waals surface area contributed by atoms with E-state index in [2.05, 4.69) is 20.0 Å². The minimum atomic E-state index is -0.295. The molecule has 1 saturated heterocycles. The van der Waals surface area contributed by atoms with Crippen molar-refractivity contribution in [1.29, 1.82) is 0 Å². The Morgan fingerprint density at radius 3 is 2.61 bits per heavy atom. The number of pyridine rings is 1. The molecule has 0 saturated carbocycles. The first kappa shape index (κ1) is 20.9. The number of benzene rings is 2. The second-order valence-corrected chi connectivity index (χ2v) is 7.96. The lowest BCUT2D eigenvalue weighted by atomic mass is 10.1. The number of H-pyrrole nitrogens is 1. The van der Waals surface area contributed by atoms with Gasteiger partial charge in [0.1, 0.15) is 5.82 Å². The van der Waals surface area contributed by atoms with Crippen LogP contribution in [0.3, 0.4) is 0 Å². The Hall–Kier alpha value is -4.01. The average Bonchev–Trinajstić information content (AvgIpc) is 3.31.